The van der Waals surface area contributed by atoms with Gasteiger partial charge in [-0.15, -0.1) is 24.0 Å². The molecular weight excluding hydrogens is 469 g/mol. The van der Waals surface area contributed by atoms with Gasteiger partial charge in [-0.25, -0.2) is 4.98 Å². The molecule has 1 fully saturated rings. The summed E-state index contributed by atoms with van der Waals surface area (Å²) in [6, 6.07) is 3.49. The maximum absolute atomic E-state index is 11.5. The number of aromatic nitrogens is 1. The van der Waals surface area contributed by atoms with Gasteiger partial charge < -0.3 is 20.3 Å². The van der Waals surface area contributed by atoms with Crippen molar-refractivity contribution >= 4 is 47.4 Å². The Morgan fingerprint density at radius 1 is 1.42 bits per heavy atom. The standard InChI is InChI=1S/C17H26ClN5O2.HI/c1-19-15(24)11-13-5-8-23(9-6-13)17(20-2)21-7-10-25-16-4-3-14(18)12-22-16;/h3-4,12-13H,5-11H2,1-2H3,(H,19,24)(H,20,21);1H. The van der Waals surface area contributed by atoms with Crippen LogP contribution >= 0.6 is 35.6 Å². The average molecular weight is 496 g/mol. The van der Waals surface area contributed by atoms with Crippen molar-refractivity contribution in [1.82, 2.24) is 20.5 Å². The quantitative estimate of drug-likeness (QED) is 0.274. The zero-order valence-electron chi connectivity index (χ0n) is 15.2. The normalized spacial score (nSPS) is 15.2. The average Bonchev–Trinajstić information content (AvgIpc) is 2.64. The van der Waals surface area contributed by atoms with E-state index in [0.717, 1.165) is 31.9 Å². The lowest BCUT2D eigenvalue weighted by molar-refractivity contribution is -0.121. The first-order chi connectivity index (χ1) is 12.1. The van der Waals surface area contributed by atoms with Gasteiger partial charge in [0.25, 0.3) is 0 Å². The molecule has 2 N–H and O–H groups in total. The predicted molar refractivity (Wildman–Crippen MR) is 114 cm³/mol. The van der Waals surface area contributed by atoms with E-state index < -0.39 is 0 Å². The van der Waals surface area contributed by atoms with Crippen molar-refractivity contribution in [3.8, 4) is 5.88 Å². The number of likely N-dealkylation sites (tertiary alicyclic amines) is 1. The number of pyridine rings is 1. The molecule has 9 heteroatoms. The first-order valence-electron chi connectivity index (χ1n) is 8.53. The van der Waals surface area contributed by atoms with Gasteiger partial charge in [-0.1, -0.05) is 11.6 Å². The first-order valence-corrected chi connectivity index (χ1v) is 8.90. The van der Waals surface area contributed by atoms with Gasteiger partial charge >= 0.3 is 0 Å². The number of aliphatic imine (C=N–C) groups is 1. The summed E-state index contributed by atoms with van der Waals surface area (Å²) in [6.07, 6.45) is 4.17. The minimum atomic E-state index is 0. The van der Waals surface area contributed by atoms with E-state index in [-0.39, 0.29) is 29.9 Å². The largest absolute Gasteiger partial charge is 0.476 e. The van der Waals surface area contributed by atoms with E-state index in [4.69, 9.17) is 16.3 Å². The number of rotatable bonds is 6. The number of halogens is 2. The number of carbonyl (C=O) groups excluding carboxylic acids is 1. The molecule has 1 aliphatic rings. The molecule has 0 atom stereocenters. The molecule has 0 aromatic carbocycles. The minimum absolute atomic E-state index is 0. The molecule has 0 bridgehead atoms. The van der Waals surface area contributed by atoms with E-state index in [0.29, 0.717) is 36.4 Å². The Bertz CT molecular complexity index is 577. The highest BCUT2D eigenvalue weighted by Crippen LogP contribution is 2.20. The van der Waals surface area contributed by atoms with Gasteiger partial charge in [-0.2, -0.15) is 0 Å². The van der Waals surface area contributed by atoms with Crippen LogP contribution in [0.2, 0.25) is 5.02 Å². The fourth-order valence-electron chi connectivity index (χ4n) is 2.81. The van der Waals surface area contributed by atoms with E-state index in [1.165, 1.54) is 0 Å². The van der Waals surface area contributed by atoms with Crippen LogP contribution in [0.15, 0.2) is 23.3 Å². The van der Waals surface area contributed by atoms with Crippen molar-refractivity contribution in [3.63, 3.8) is 0 Å². The monoisotopic (exact) mass is 495 g/mol. The number of carbonyl (C=O) groups is 1. The van der Waals surface area contributed by atoms with Crippen molar-refractivity contribution in [2.75, 3.05) is 40.3 Å². The molecule has 1 aromatic heterocycles. The molecule has 7 nitrogen and oxygen atoms in total. The summed E-state index contributed by atoms with van der Waals surface area (Å²) in [5.74, 6) is 1.99. The number of nitrogens with zero attached hydrogens (tertiary/aromatic N) is 3. The molecule has 26 heavy (non-hydrogen) atoms. The lowest BCUT2D eigenvalue weighted by Gasteiger charge is -2.34. The van der Waals surface area contributed by atoms with Gasteiger partial charge in [0.05, 0.1) is 11.6 Å². The summed E-state index contributed by atoms with van der Waals surface area (Å²) in [7, 11) is 3.46. The summed E-state index contributed by atoms with van der Waals surface area (Å²) in [5, 5.41) is 6.59. The maximum Gasteiger partial charge on any atom is 0.220 e. The second-order valence-corrected chi connectivity index (χ2v) is 6.38. The molecule has 1 aliphatic heterocycles. The highest BCUT2D eigenvalue weighted by Gasteiger charge is 2.22. The molecule has 0 saturated carbocycles. The Labute approximate surface area is 177 Å². The van der Waals surface area contributed by atoms with Crippen LogP contribution in [-0.4, -0.2) is 62.1 Å². The second-order valence-electron chi connectivity index (χ2n) is 5.94. The minimum Gasteiger partial charge on any atom is -0.476 e. The number of ether oxygens (including phenoxy) is 1. The summed E-state index contributed by atoms with van der Waals surface area (Å²) in [6.45, 7) is 2.93. The lowest BCUT2D eigenvalue weighted by Crippen LogP contribution is -2.46. The molecule has 1 amide bonds. The summed E-state index contributed by atoms with van der Waals surface area (Å²) in [5.41, 5.74) is 0. The molecule has 1 aromatic rings. The van der Waals surface area contributed by atoms with E-state index >= 15 is 0 Å². The fraction of sp³-hybridized carbons (Fsp3) is 0.588. The number of hydrogen-bond donors (Lipinski definition) is 2. The smallest absolute Gasteiger partial charge is 0.220 e. The first kappa shape index (κ1) is 22.8. The number of piperidine rings is 1. The Morgan fingerprint density at radius 3 is 2.73 bits per heavy atom. The Hall–Kier alpha value is -1.29. The maximum atomic E-state index is 11.5. The summed E-state index contributed by atoms with van der Waals surface area (Å²) < 4.78 is 5.57. The van der Waals surface area contributed by atoms with Gasteiger partial charge in [-0.05, 0) is 24.8 Å². The second kappa shape index (κ2) is 12.2. The summed E-state index contributed by atoms with van der Waals surface area (Å²) >= 11 is 5.79. The Morgan fingerprint density at radius 2 is 2.15 bits per heavy atom. The van der Waals surface area contributed by atoms with Crippen LogP contribution in [0.4, 0.5) is 0 Å². The molecule has 2 rings (SSSR count). The molecular formula is C17H27ClIN5O2. The summed E-state index contributed by atoms with van der Waals surface area (Å²) in [4.78, 5) is 22.1. The van der Waals surface area contributed by atoms with Crippen LogP contribution in [0.25, 0.3) is 0 Å². The molecule has 0 unspecified atom stereocenters. The third-order valence-corrected chi connectivity index (χ3v) is 4.44. The molecule has 0 spiro atoms. The highest BCUT2D eigenvalue weighted by molar-refractivity contribution is 14.0. The van der Waals surface area contributed by atoms with Gasteiger partial charge in [-0.3, -0.25) is 9.79 Å². The molecule has 0 radical (unpaired) electrons. The van der Waals surface area contributed by atoms with Gasteiger partial charge in [0.15, 0.2) is 5.96 Å². The Kier molecular flexibility index (Phi) is 10.6. The van der Waals surface area contributed by atoms with Crippen molar-refractivity contribution in [2.24, 2.45) is 10.9 Å². The SMILES string of the molecule is CN=C(NCCOc1ccc(Cl)cn1)N1CCC(CC(=O)NC)CC1.I. The highest BCUT2D eigenvalue weighted by atomic mass is 127. The van der Waals surface area contributed by atoms with E-state index in [2.05, 4.69) is 25.5 Å². The molecule has 2 heterocycles. The third kappa shape index (κ3) is 7.53. The predicted octanol–water partition coefficient (Wildman–Crippen LogP) is 2.16. The van der Waals surface area contributed by atoms with Crippen molar-refractivity contribution in [2.45, 2.75) is 19.3 Å². The van der Waals surface area contributed by atoms with Crippen LogP contribution < -0.4 is 15.4 Å². The van der Waals surface area contributed by atoms with Crippen LogP contribution in [0.3, 0.4) is 0 Å². The zero-order valence-corrected chi connectivity index (χ0v) is 18.3. The number of guanidine groups is 1. The van der Waals surface area contributed by atoms with Crippen molar-refractivity contribution in [1.29, 1.82) is 0 Å². The van der Waals surface area contributed by atoms with Crippen LogP contribution in [-0.2, 0) is 4.79 Å². The lowest BCUT2D eigenvalue weighted by atomic mass is 9.93. The van der Waals surface area contributed by atoms with E-state index in [1.54, 1.807) is 32.4 Å². The van der Waals surface area contributed by atoms with E-state index in [1.807, 2.05) is 0 Å². The third-order valence-electron chi connectivity index (χ3n) is 4.21. The number of amides is 1. The van der Waals surface area contributed by atoms with Crippen molar-refractivity contribution in [3.05, 3.63) is 23.4 Å². The van der Waals surface area contributed by atoms with Gasteiger partial charge in [0.1, 0.15) is 6.61 Å². The van der Waals surface area contributed by atoms with Crippen LogP contribution in [0.5, 0.6) is 5.88 Å². The molecule has 1 saturated heterocycles. The number of nitrogens with one attached hydrogen (secondary N) is 2. The Balaban J connectivity index is 0.00000338. The van der Waals surface area contributed by atoms with Gasteiger partial charge in [0, 0.05) is 45.9 Å². The van der Waals surface area contributed by atoms with Crippen LogP contribution in [0, 0.1) is 5.92 Å². The van der Waals surface area contributed by atoms with Crippen LogP contribution in [0.1, 0.15) is 19.3 Å². The fourth-order valence-corrected chi connectivity index (χ4v) is 2.92. The van der Waals surface area contributed by atoms with Gasteiger partial charge in [0.2, 0.25) is 11.8 Å². The molecule has 0 aliphatic carbocycles. The zero-order chi connectivity index (χ0) is 18.1. The van der Waals surface area contributed by atoms with E-state index in [9.17, 15) is 4.79 Å². The topological polar surface area (TPSA) is 78.9 Å². The number of hydrogen-bond acceptors (Lipinski definition) is 4. The van der Waals surface area contributed by atoms with Crippen molar-refractivity contribution < 1.29 is 9.53 Å². The molecule has 146 valence electrons.